The second-order valence-corrected chi connectivity index (χ2v) is 8.41. The monoisotopic (exact) mass is 400 g/mol. The number of phenolic OH excluding ortho intramolecular Hbond substituents is 1. The van der Waals surface area contributed by atoms with Crippen molar-refractivity contribution in [2.24, 2.45) is 5.92 Å². The van der Waals surface area contributed by atoms with Crippen LogP contribution in [0.4, 0.5) is 5.69 Å². The Morgan fingerprint density at radius 2 is 1.85 bits per heavy atom. The Bertz CT molecular complexity index is 964. The van der Waals surface area contributed by atoms with E-state index in [1.54, 1.807) is 35.6 Å². The Labute approximate surface area is 167 Å². The van der Waals surface area contributed by atoms with E-state index >= 15 is 0 Å². The molecule has 2 aromatic carbocycles. The number of carbonyl (C=O) groups excluding carboxylic acids is 1. The number of carbonyl (C=O) groups is 1. The highest BCUT2D eigenvalue weighted by molar-refractivity contribution is 7.19. The third kappa shape index (κ3) is 3.95. The lowest BCUT2D eigenvalue weighted by Gasteiger charge is -2.31. The van der Waals surface area contributed by atoms with Gasteiger partial charge in [-0.2, -0.15) is 0 Å². The van der Waals surface area contributed by atoms with E-state index in [0.29, 0.717) is 5.69 Å². The van der Waals surface area contributed by atoms with Crippen LogP contribution in [0.25, 0.3) is 10.1 Å². The molecule has 4 nitrogen and oxygen atoms in total. The van der Waals surface area contributed by atoms with E-state index in [4.69, 9.17) is 11.6 Å². The number of nitrogens with zero attached hydrogens (tertiary/aromatic N) is 1. The quantitative estimate of drug-likeness (QED) is 0.598. The summed E-state index contributed by atoms with van der Waals surface area (Å²) in [7, 11) is 0. The third-order valence-corrected chi connectivity index (χ3v) is 6.79. The maximum absolute atomic E-state index is 12.5. The van der Waals surface area contributed by atoms with Gasteiger partial charge in [0.05, 0.1) is 10.7 Å². The number of nitrogens with one attached hydrogen (secondary N) is 1. The van der Waals surface area contributed by atoms with Gasteiger partial charge in [0.15, 0.2) is 0 Å². The lowest BCUT2D eigenvalue weighted by Crippen LogP contribution is -2.37. The van der Waals surface area contributed by atoms with Gasteiger partial charge < -0.3 is 10.4 Å². The number of para-hydroxylation sites is 2. The van der Waals surface area contributed by atoms with Crippen LogP contribution < -0.4 is 5.32 Å². The fourth-order valence-corrected chi connectivity index (χ4v) is 5.07. The minimum atomic E-state index is -0.0289. The summed E-state index contributed by atoms with van der Waals surface area (Å²) < 4.78 is 1.22. The standard InChI is InChI=1S/C21H21ClN2O2S/c22-20-15-5-1-4-8-18(15)27-19(20)13-24-11-9-14(10-12-24)21(26)23-16-6-2-3-7-17(16)25/h1-8,14,25H,9-13H2,(H,23,26). The van der Waals surface area contributed by atoms with Crippen LogP contribution in [0.5, 0.6) is 5.75 Å². The van der Waals surface area contributed by atoms with Gasteiger partial charge in [-0.3, -0.25) is 9.69 Å². The number of halogens is 1. The Hall–Kier alpha value is -2.08. The molecule has 6 heteroatoms. The number of hydrogen-bond acceptors (Lipinski definition) is 4. The minimum Gasteiger partial charge on any atom is -0.506 e. The zero-order valence-electron chi connectivity index (χ0n) is 14.8. The first-order valence-corrected chi connectivity index (χ1v) is 10.3. The third-order valence-electron chi connectivity index (χ3n) is 5.09. The van der Waals surface area contributed by atoms with E-state index in [1.165, 1.54) is 9.58 Å². The molecule has 1 amide bonds. The minimum absolute atomic E-state index is 0.0176. The molecular formula is C21H21ClN2O2S. The summed E-state index contributed by atoms with van der Waals surface area (Å²) in [6, 6.07) is 15.0. The summed E-state index contributed by atoms with van der Waals surface area (Å²) in [5, 5.41) is 14.6. The summed E-state index contributed by atoms with van der Waals surface area (Å²) in [5.74, 6) is 0.0532. The molecule has 1 saturated heterocycles. The second kappa shape index (κ2) is 7.89. The average Bonchev–Trinajstić information content (AvgIpc) is 3.00. The first kappa shape index (κ1) is 18.3. The van der Waals surface area contributed by atoms with Crippen LogP contribution in [0, 0.1) is 5.92 Å². The molecule has 1 aliphatic heterocycles. The molecule has 3 aromatic rings. The first-order valence-electron chi connectivity index (χ1n) is 9.09. The van der Waals surface area contributed by atoms with Gasteiger partial charge in [0.25, 0.3) is 0 Å². The normalized spacial score (nSPS) is 15.9. The van der Waals surface area contributed by atoms with Crippen molar-refractivity contribution in [2.75, 3.05) is 18.4 Å². The Balaban J connectivity index is 1.35. The first-order chi connectivity index (χ1) is 13.1. The maximum Gasteiger partial charge on any atom is 0.227 e. The van der Waals surface area contributed by atoms with Crippen molar-refractivity contribution in [1.82, 2.24) is 4.90 Å². The molecule has 0 bridgehead atoms. The van der Waals surface area contributed by atoms with Crippen molar-refractivity contribution in [3.8, 4) is 5.75 Å². The van der Waals surface area contributed by atoms with Crippen LogP contribution in [0.1, 0.15) is 17.7 Å². The SMILES string of the molecule is O=C(Nc1ccccc1O)C1CCN(Cc2sc3ccccc3c2Cl)CC1. The van der Waals surface area contributed by atoms with Crippen LogP contribution in [0.2, 0.25) is 5.02 Å². The second-order valence-electron chi connectivity index (χ2n) is 6.89. The number of likely N-dealkylation sites (tertiary alicyclic amines) is 1. The number of phenols is 1. The molecule has 1 aromatic heterocycles. The lowest BCUT2D eigenvalue weighted by molar-refractivity contribution is -0.121. The van der Waals surface area contributed by atoms with Crippen LogP contribution in [-0.2, 0) is 11.3 Å². The van der Waals surface area contributed by atoms with Crippen molar-refractivity contribution >= 4 is 44.6 Å². The molecule has 0 atom stereocenters. The highest BCUT2D eigenvalue weighted by Gasteiger charge is 2.26. The van der Waals surface area contributed by atoms with Crippen molar-refractivity contribution in [2.45, 2.75) is 19.4 Å². The van der Waals surface area contributed by atoms with Crippen molar-refractivity contribution in [3.63, 3.8) is 0 Å². The number of anilines is 1. The number of benzene rings is 2. The van der Waals surface area contributed by atoms with Gasteiger partial charge >= 0.3 is 0 Å². The van der Waals surface area contributed by atoms with Gasteiger partial charge in [-0.1, -0.05) is 41.9 Å². The molecule has 2 heterocycles. The number of piperidine rings is 1. The highest BCUT2D eigenvalue weighted by atomic mass is 35.5. The summed E-state index contributed by atoms with van der Waals surface area (Å²) >= 11 is 8.30. The summed E-state index contributed by atoms with van der Waals surface area (Å²) in [6.45, 7) is 2.55. The molecule has 0 spiro atoms. The number of rotatable bonds is 4. The number of fused-ring (bicyclic) bond motifs is 1. The fourth-order valence-electron chi connectivity index (χ4n) is 3.54. The summed E-state index contributed by atoms with van der Waals surface area (Å²) in [5.41, 5.74) is 0.474. The Morgan fingerprint density at radius 3 is 2.59 bits per heavy atom. The maximum atomic E-state index is 12.5. The zero-order valence-corrected chi connectivity index (χ0v) is 16.4. The predicted octanol–water partition coefficient (Wildman–Crippen LogP) is 5.11. The summed E-state index contributed by atoms with van der Waals surface area (Å²) in [4.78, 5) is 16.0. The zero-order chi connectivity index (χ0) is 18.8. The molecule has 0 unspecified atom stereocenters. The molecule has 0 saturated carbocycles. The number of amides is 1. The van der Waals surface area contributed by atoms with Gasteiger partial charge in [0.2, 0.25) is 5.91 Å². The molecule has 0 aliphatic carbocycles. The van der Waals surface area contributed by atoms with E-state index in [2.05, 4.69) is 22.3 Å². The summed E-state index contributed by atoms with van der Waals surface area (Å²) in [6.07, 6.45) is 1.61. The Kier molecular flexibility index (Phi) is 5.34. The van der Waals surface area contributed by atoms with Gasteiger partial charge in [-0.05, 0) is 44.1 Å². The van der Waals surface area contributed by atoms with E-state index in [0.717, 1.165) is 42.9 Å². The largest absolute Gasteiger partial charge is 0.506 e. The molecule has 140 valence electrons. The number of thiophene rings is 1. The predicted molar refractivity (Wildman–Crippen MR) is 112 cm³/mol. The van der Waals surface area contributed by atoms with Gasteiger partial charge in [-0.15, -0.1) is 11.3 Å². The van der Waals surface area contributed by atoms with Crippen LogP contribution in [-0.4, -0.2) is 29.0 Å². The molecule has 1 fully saturated rings. The molecule has 1 aliphatic rings. The van der Waals surface area contributed by atoms with Crippen molar-refractivity contribution < 1.29 is 9.90 Å². The molecule has 27 heavy (non-hydrogen) atoms. The van der Waals surface area contributed by atoms with E-state index in [1.807, 2.05) is 12.1 Å². The van der Waals surface area contributed by atoms with E-state index in [-0.39, 0.29) is 17.6 Å². The van der Waals surface area contributed by atoms with Gasteiger partial charge in [0, 0.05) is 27.4 Å². The van der Waals surface area contributed by atoms with Crippen LogP contribution in [0.15, 0.2) is 48.5 Å². The van der Waals surface area contributed by atoms with Gasteiger partial charge in [0.1, 0.15) is 5.75 Å². The smallest absolute Gasteiger partial charge is 0.227 e. The Morgan fingerprint density at radius 1 is 1.15 bits per heavy atom. The van der Waals surface area contributed by atoms with E-state index < -0.39 is 0 Å². The number of aromatic hydroxyl groups is 1. The molecule has 4 rings (SSSR count). The fraction of sp³-hybridized carbons (Fsp3) is 0.286. The van der Waals surface area contributed by atoms with Crippen molar-refractivity contribution in [3.05, 3.63) is 58.4 Å². The topological polar surface area (TPSA) is 52.6 Å². The van der Waals surface area contributed by atoms with Crippen LogP contribution in [0.3, 0.4) is 0 Å². The van der Waals surface area contributed by atoms with Gasteiger partial charge in [-0.25, -0.2) is 0 Å². The molecule has 0 radical (unpaired) electrons. The average molecular weight is 401 g/mol. The van der Waals surface area contributed by atoms with Crippen LogP contribution >= 0.6 is 22.9 Å². The lowest BCUT2D eigenvalue weighted by atomic mass is 9.95. The molecule has 2 N–H and O–H groups in total. The highest BCUT2D eigenvalue weighted by Crippen LogP contribution is 2.36. The molecular weight excluding hydrogens is 380 g/mol. The van der Waals surface area contributed by atoms with Crippen molar-refractivity contribution in [1.29, 1.82) is 0 Å². The van der Waals surface area contributed by atoms with E-state index in [9.17, 15) is 9.90 Å². The number of hydrogen-bond donors (Lipinski definition) is 2.